The van der Waals surface area contributed by atoms with Gasteiger partial charge in [0.05, 0.1) is 0 Å². The second-order valence-corrected chi connectivity index (χ2v) is 4.14. The SMILES string of the molecule is CCCC1CCC1c1ccccc1. The minimum absolute atomic E-state index is 0.876. The van der Waals surface area contributed by atoms with Crippen molar-refractivity contribution in [1.82, 2.24) is 0 Å². The van der Waals surface area contributed by atoms with Gasteiger partial charge in [-0.2, -0.15) is 0 Å². The summed E-state index contributed by atoms with van der Waals surface area (Å²) in [4.78, 5) is 0. The maximum absolute atomic E-state index is 2.29. The molecule has 0 amide bonds. The Labute approximate surface area is 81.0 Å². The van der Waals surface area contributed by atoms with Crippen molar-refractivity contribution < 1.29 is 0 Å². The molecule has 2 rings (SSSR count). The van der Waals surface area contributed by atoms with E-state index in [2.05, 4.69) is 37.3 Å². The van der Waals surface area contributed by atoms with Crippen LogP contribution in [0, 0.1) is 5.92 Å². The van der Waals surface area contributed by atoms with Crippen LogP contribution in [0.15, 0.2) is 30.3 Å². The van der Waals surface area contributed by atoms with E-state index in [0.717, 1.165) is 11.8 Å². The molecule has 0 radical (unpaired) electrons. The first-order chi connectivity index (χ1) is 6.42. The molecule has 0 saturated heterocycles. The summed E-state index contributed by atoms with van der Waals surface area (Å²) in [5.74, 6) is 1.86. The highest BCUT2D eigenvalue weighted by Crippen LogP contribution is 2.44. The zero-order valence-electron chi connectivity index (χ0n) is 8.37. The fourth-order valence-corrected chi connectivity index (χ4v) is 2.42. The molecule has 0 heteroatoms. The standard InChI is InChI=1S/C13H18/c1-2-6-11-9-10-13(11)12-7-4-3-5-8-12/h3-5,7-8,11,13H,2,6,9-10H2,1H3. The van der Waals surface area contributed by atoms with E-state index in [-0.39, 0.29) is 0 Å². The van der Waals surface area contributed by atoms with Crippen molar-refractivity contribution in [2.45, 2.75) is 38.5 Å². The van der Waals surface area contributed by atoms with Gasteiger partial charge < -0.3 is 0 Å². The van der Waals surface area contributed by atoms with Gasteiger partial charge in [-0.1, -0.05) is 50.1 Å². The van der Waals surface area contributed by atoms with Crippen LogP contribution in [0.2, 0.25) is 0 Å². The van der Waals surface area contributed by atoms with Crippen LogP contribution >= 0.6 is 0 Å². The first-order valence-electron chi connectivity index (χ1n) is 5.46. The first kappa shape index (κ1) is 8.80. The zero-order chi connectivity index (χ0) is 9.10. The molecular formula is C13H18. The van der Waals surface area contributed by atoms with Gasteiger partial charge in [-0.3, -0.25) is 0 Å². The smallest absolute Gasteiger partial charge is 0.0134 e. The van der Waals surface area contributed by atoms with Gasteiger partial charge in [0.2, 0.25) is 0 Å². The van der Waals surface area contributed by atoms with Crippen molar-refractivity contribution in [3.8, 4) is 0 Å². The lowest BCUT2D eigenvalue weighted by Crippen LogP contribution is -2.23. The van der Waals surface area contributed by atoms with E-state index in [0.29, 0.717) is 0 Å². The van der Waals surface area contributed by atoms with Gasteiger partial charge in [0.1, 0.15) is 0 Å². The number of hydrogen-bond donors (Lipinski definition) is 0. The average Bonchev–Trinajstić information content (AvgIpc) is 2.14. The van der Waals surface area contributed by atoms with Crippen molar-refractivity contribution in [1.29, 1.82) is 0 Å². The third-order valence-electron chi connectivity index (χ3n) is 3.30. The summed E-state index contributed by atoms with van der Waals surface area (Å²) >= 11 is 0. The topological polar surface area (TPSA) is 0 Å². The van der Waals surface area contributed by atoms with E-state index in [1.807, 2.05) is 0 Å². The Balaban J connectivity index is 2.02. The lowest BCUT2D eigenvalue weighted by Gasteiger charge is -2.37. The van der Waals surface area contributed by atoms with Crippen LogP contribution in [0.3, 0.4) is 0 Å². The Morgan fingerprint density at radius 2 is 1.92 bits per heavy atom. The quantitative estimate of drug-likeness (QED) is 0.650. The molecule has 0 bridgehead atoms. The molecule has 0 N–H and O–H groups in total. The van der Waals surface area contributed by atoms with Crippen LogP contribution in [0.5, 0.6) is 0 Å². The Morgan fingerprint density at radius 3 is 2.46 bits per heavy atom. The van der Waals surface area contributed by atoms with Crippen molar-refractivity contribution in [2.75, 3.05) is 0 Å². The summed E-state index contributed by atoms with van der Waals surface area (Å²) in [7, 11) is 0. The molecule has 1 aromatic rings. The summed E-state index contributed by atoms with van der Waals surface area (Å²) in [6, 6.07) is 11.0. The largest absolute Gasteiger partial charge is 0.0654 e. The fraction of sp³-hybridized carbons (Fsp3) is 0.538. The summed E-state index contributed by atoms with van der Waals surface area (Å²) < 4.78 is 0. The summed E-state index contributed by atoms with van der Waals surface area (Å²) in [6.07, 6.45) is 5.62. The van der Waals surface area contributed by atoms with Crippen molar-refractivity contribution >= 4 is 0 Å². The predicted molar refractivity (Wildman–Crippen MR) is 56.8 cm³/mol. The maximum atomic E-state index is 2.29. The maximum Gasteiger partial charge on any atom is -0.0134 e. The molecule has 0 aliphatic heterocycles. The van der Waals surface area contributed by atoms with Crippen LogP contribution in [0.4, 0.5) is 0 Å². The Kier molecular flexibility index (Phi) is 2.68. The average molecular weight is 174 g/mol. The third kappa shape index (κ3) is 1.77. The predicted octanol–water partition coefficient (Wildman–Crippen LogP) is 3.98. The molecule has 2 unspecified atom stereocenters. The summed E-state index contributed by atoms with van der Waals surface area (Å²) in [6.45, 7) is 2.29. The summed E-state index contributed by atoms with van der Waals surface area (Å²) in [5.41, 5.74) is 1.56. The van der Waals surface area contributed by atoms with Crippen LogP contribution in [-0.4, -0.2) is 0 Å². The number of rotatable bonds is 3. The van der Waals surface area contributed by atoms with Gasteiger partial charge in [-0.15, -0.1) is 0 Å². The van der Waals surface area contributed by atoms with Gasteiger partial charge in [0, 0.05) is 0 Å². The Morgan fingerprint density at radius 1 is 1.15 bits per heavy atom. The first-order valence-corrected chi connectivity index (χ1v) is 5.46. The van der Waals surface area contributed by atoms with Crippen molar-refractivity contribution in [3.05, 3.63) is 35.9 Å². The summed E-state index contributed by atoms with van der Waals surface area (Å²) in [5, 5.41) is 0. The molecule has 1 aliphatic rings. The molecule has 0 heterocycles. The van der Waals surface area contributed by atoms with Crippen LogP contribution in [0.1, 0.15) is 44.1 Å². The molecule has 0 aromatic heterocycles. The van der Waals surface area contributed by atoms with Gasteiger partial charge >= 0.3 is 0 Å². The zero-order valence-corrected chi connectivity index (χ0v) is 8.37. The fourth-order valence-electron chi connectivity index (χ4n) is 2.42. The lowest BCUT2D eigenvalue weighted by molar-refractivity contribution is 0.237. The molecule has 1 aliphatic carbocycles. The third-order valence-corrected chi connectivity index (χ3v) is 3.30. The minimum Gasteiger partial charge on any atom is -0.0654 e. The van der Waals surface area contributed by atoms with Crippen LogP contribution in [0.25, 0.3) is 0 Å². The van der Waals surface area contributed by atoms with E-state index in [4.69, 9.17) is 0 Å². The van der Waals surface area contributed by atoms with E-state index < -0.39 is 0 Å². The van der Waals surface area contributed by atoms with Crippen LogP contribution in [-0.2, 0) is 0 Å². The monoisotopic (exact) mass is 174 g/mol. The van der Waals surface area contributed by atoms with E-state index >= 15 is 0 Å². The normalized spacial score (nSPS) is 26.8. The Bertz CT molecular complexity index is 250. The van der Waals surface area contributed by atoms with Crippen LogP contribution < -0.4 is 0 Å². The van der Waals surface area contributed by atoms with Crippen molar-refractivity contribution in [2.24, 2.45) is 5.92 Å². The van der Waals surface area contributed by atoms with Gasteiger partial charge in [0.25, 0.3) is 0 Å². The van der Waals surface area contributed by atoms with E-state index in [1.54, 1.807) is 5.56 Å². The molecule has 1 saturated carbocycles. The molecule has 0 nitrogen and oxygen atoms in total. The Hall–Kier alpha value is -0.780. The molecule has 70 valence electrons. The highest BCUT2D eigenvalue weighted by Gasteiger charge is 2.30. The molecule has 1 aromatic carbocycles. The second-order valence-electron chi connectivity index (χ2n) is 4.14. The second kappa shape index (κ2) is 3.95. The lowest BCUT2D eigenvalue weighted by atomic mass is 9.68. The number of hydrogen-bond acceptors (Lipinski definition) is 0. The van der Waals surface area contributed by atoms with Crippen molar-refractivity contribution in [3.63, 3.8) is 0 Å². The highest BCUT2D eigenvalue weighted by molar-refractivity contribution is 5.22. The molecule has 1 fully saturated rings. The van der Waals surface area contributed by atoms with E-state index in [9.17, 15) is 0 Å². The molecule has 2 atom stereocenters. The molecule has 0 spiro atoms. The highest BCUT2D eigenvalue weighted by atomic mass is 14.3. The minimum atomic E-state index is 0.876. The van der Waals surface area contributed by atoms with Gasteiger partial charge in [0.15, 0.2) is 0 Å². The molecule has 13 heavy (non-hydrogen) atoms. The van der Waals surface area contributed by atoms with Gasteiger partial charge in [-0.25, -0.2) is 0 Å². The van der Waals surface area contributed by atoms with E-state index in [1.165, 1.54) is 25.7 Å². The molecular weight excluding hydrogens is 156 g/mol. The number of benzene rings is 1. The van der Waals surface area contributed by atoms with Gasteiger partial charge in [-0.05, 0) is 30.2 Å².